The Kier molecular flexibility index (Phi) is 3.10. The summed E-state index contributed by atoms with van der Waals surface area (Å²) in [7, 11) is 0. The van der Waals surface area contributed by atoms with E-state index in [1.54, 1.807) is 0 Å². The van der Waals surface area contributed by atoms with Gasteiger partial charge in [-0.15, -0.1) is 5.10 Å². The zero-order valence-electron chi connectivity index (χ0n) is 8.17. The number of aromatic nitrogens is 2. The van der Waals surface area contributed by atoms with Gasteiger partial charge < -0.3 is 10.4 Å². The van der Waals surface area contributed by atoms with Gasteiger partial charge in [0.15, 0.2) is 5.69 Å². The molecule has 0 radical (unpaired) electrons. The molecule has 1 amide bonds. The van der Waals surface area contributed by atoms with Crippen molar-refractivity contribution >= 4 is 35.2 Å². The van der Waals surface area contributed by atoms with Gasteiger partial charge in [-0.3, -0.25) is 4.79 Å². The fourth-order valence-corrected chi connectivity index (χ4v) is 3.19. The molecular weight excluding hydrogens is 250 g/mol. The van der Waals surface area contributed by atoms with Crippen LogP contribution in [-0.2, 0) is 4.79 Å². The van der Waals surface area contributed by atoms with Gasteiger partial charge in [-0.2, -0.15) is 11.8 Å². The summed E-state index contributed by atoms with van der Waals surface area (Å²) in [5, 5.41) is 16.8. The Bertz CT molecular complexity index is 401. The van der Waals surface area contributed by atoms with Crippen LogP contribution in [-0.4, -0.2) is 43.6 Å². The molecule has 0 aromatic carbocycles. The molecule has 1 aromatic rings. The fourth-order valence-electron chi connectivity index (χ4n) is 1.43. The van der Waals surface area contributed by atoms with Gasteiger partial charge in [0.05, 0.1) is 0 Å². The van der Waals surface area contributed by atoms with Crippen molar-refractivity contribution in [2.24, 2.45) is 0 Å². The zero-order chi connectivity index (χ0) is 11.6. The highest BCUT2D eigenvalue weighted by molar-refractivity contribution is 7.99. The van der Waals surface area contributed by atoms with Crippen molar-refractivity contribution in [1.29, 1.82) is 0 Å². The summed E-state index contributed by atoms with van der Waals surface area (Å²) in [5.41, 5.74) is -0.978. The van der Waals surface area contributed by atoms with Crippen molar-refractivity contribution in [1.82, 2.24) is 14.9 Å². The number of amides is 1. The molecule has 1 aliphatic heterocycles. The normalized spacial score (nSPS) is 24.2. The average molecular weight is 259 g/mol. The van der Waals surface area contributed by atoms with Gasteiger partial charge in [0, 0.05) is 11.1 Å². The standard InChI is InChI=1S/C8H9N3O3S2/c12-6(5-3-16-11-10-5)9-8(7(13)14)1-2-15-4-8/h3H,1-2,4H2,(H,9,12)(H,13,14). The number of carbonyl (C=O) groups excluding carboxylic acids is 1. The minimum absolute atomic E-state index is 0.169. The van der Waals surface area contributed by atoms with Crippen LogP contribution >= 0.6 is 23.3 Å². The third-order valence-electron chi connectivity index (χ3n) is 2.38. The third kappa shape index (κ3) is 2.03. The summed E-state index contributed by atoms with van der Waals surface area (Å²) in [6.07, 6.45) is 0.441. The van der Waals surface area contributed by atoms with Gasteiger partial charge in [0.25, 0.3) is 5.91 Å². The first-order chi connectivity index (χ1) is 7.64. The molecule has 2 N–H and O–H groups in total. The number of carboxylic acid groups (broad SMARTS) is 1. The predicted molar refractivity (Wildman–Crippen MR) is 59.7 cm³/mol. The van der Waals surface area contributed by atoms with Crippen molar-refractivity contribution in [3.63, 3.8) is 0 Å². The van der Waals surface area contributed by atoms with E-state index in [2.05, 4.69) is 14.9 Å². The lowest BCUT2D eigenvalue weighted by Gasteiger charge is -2.23. The maximum atomic E-state index is 11.7. The second-order valence-electron chi connectivity index (χ2n) is 3.43. The Morgan fingerprint density at radius 1 is 1.56 bits per heavy atom. The second kappa shape index (κ2) is 4.38. The number of nitrogens with zero attached hydrogens (tertiary/aromatic N) is 2. The Morgan fingerprint density at radius 3 is 2.88 bits per heavy atom. The molecule has 0 spiro atoms. The molecule has 86 valence electrons. The molecule has 8 heteroatoms. The van der Waals surface area contributed by atoms with Crippen LogP contribution in [0.5, 0.6) is 0 Å². The summed E-state index contributed by atoms with van der Waals surface area (Å²) in [4.78, 5) is 22.9. The van der Waals surface area contributed by atoms with Gasteiger partial charge >= 0.3 is 5.97 Å². The number of carbonyl (C=O) groups is 2. The van der Waals surface area contributed by atoms with Crippen LogP contribution < -0.4 is 5.32 Å². The number of hydrogen-bond donors (Lipinski definition) is 2. The highest BCUT2D eigenvalue weighted by Crippen LogP contribution is 2.28. The van der Waals surface area contributed by atoms with Crippen LogP contribution in [0.4, 0.5) is 0 Å². The largest absolute Gasteiger partial charge is 0.479 e. The number of hydrogen-bond acceptors (Lipinski definition) is 6. The lowest BCUT2D eigenvalue weighted by atomic mass is 9.99. The monoisotopic (exact) mass is 259 g/mol. The van der Waals surface area contributed by atoms with Crippen LogP contribution in [0.25, 0.3) is 0 Å². The quantitative estimate of drug-likeness (QED) is 0.807. The Labute approximate surface area is 99.6 Å². The van der Waals surface area contributed by atoms with E-state index >= 15 is 0 Å². The van der Waals surface area contributed by atoms with Crippen LogP contribution in [0, 0.1) is 0 Å². The summed E-state index contributed by atoms with van der Waals surface area (Å²) in [5.74, 6) is -0.333. The number of carboxylic acids is 1. The molecule has 0 bridgehead atoms. The van der Waals surface area contributed by atoms with Gasteiger partial charge in [-0.25, -0.2) is 4.79 Å². The van der Waals surface area contributed by atoms with Crippen LogP contribution in [0.1, 0.15) is 16.9 Å². The molecule has 2 heterocycles. The minimum Gasteiger partial charge on any atom is -0.479 e. The molecule has 1 saturated heterocycles. The van der Waals surface area contributed by atoms with Crippen LogP contribution in [0.3, 0.4) is 0 Å². The van der Waals surface area contributed by atoms with Crippen LogP contribution in [0.2, 0.25) is 0 Å². The molecular formula is C8H9N3O3S2. The first-order valence-corrected chi connectivity index (χ1v) is 6.54. The van der Waals surface area contributed by atoms with Gasteiger partial charge in [-0.05, 0) is 23.7 Å². The Balaban J connectivity index is 2.13. The van der Waals surface area contributed by atoms with E-state index in [1.165, 1.54) is 17.1 Å². The summed E-state index contributed by atoms with van der Waals surface area (Å²) >= 11 is 2.58. The van der Waals surface area contributed by atoms with Crippen molar-refractivity contribution in [3.8, 4) is 0 Å². The average Bonchev–Trinajstić information content (AvgIpc) is 2.88. The lowest BCUT2D eigenvalue weighted by molar-refractivity contribution is -0.143. The van der Waals surface area contributed by atoms with Crippen molar-refractivity contribution < 1.29 is 14.7 Å². The molecule has 6 nitrogen and oxygen atoms in total. The minimum atomic E-state index is -1.15. The second-order valence-corrected chi connectivity index (χ2v) is 5.15. The molecule has 1 aliphatic rings. The third-order valence-corrected chi connectivity index (χ3v) is 4.07. The van der Waals surface area contributed by atoms with Gasteiger partial charge in [0.2, 0.25) is 0 Å². The predicted octanol–water partition coefficient (Wildman–Crippen LogP) is 0.228. The highest BCUT2D eigenvalue weighted by Gasteiger charge is 2.43. The Hall–Kier alpha value is -1.15. The molecule has 16 heavy (non-hydrogen) atoms. The summed E-state index contributed by atoms with van der Waals surface area (Å²) < 4.78 is 3.56. The molecule has 0 aliphatic carbocycles. The topological polar surface area (TPSA) is 92.2 Å². The molecule has 0 saturated carbocycles. The van der Waals surface area contributed by atoms with Crippen LogP contribution in [0.15, 0.2) is 5.38 Å². The van der Waals surface area contributed by atoms with E-state index in [9.17, 15) is 9.59 Å². The Morgan fingerprint density at radius 2 is 2.38 bits per heavy atom. The lowest BCUT2D eigenvalue weighted by Crippen LogP contribution is -2.54. The molecule has 1 aromatic heterocycles. The molecule has 1 unspecified atom stereocenters. The van der Waals surface area contributed by atoms with Crippen molar-refractivity contribution in [3.05, 3.63) is 11.1 Å². The molecule has 2 rings (SSSR count). The van der Waals surface area contributed by atoms with Gasteiger partial charge in [0.1, 0.15) is 5.54 Å². The van der Waals surface area contributed by atoms with E-state index in [-0.39, 0.29) is 5.69 Å². The zero-order valence-corrected chi connectivity index (χ0v) is 9.81. The maximum absolute atomic E-state index is 11.7. The van der Waals surface area contributed by atoms with Crippen molar-refractivity contribution in [2.45, 2.75) is 12.0 Å². The fraction of sp³-hybridized carbons (Fsp3) is 0.500. The van der Waals surface area contributed by atoms with E-state index in [0.29, 0.717) is 12.2 Å². The number of thioether (sulfide) groups is 1. The first kappa shape index (κ1) is 11.3. The van der Waals surface area contributed by atoms with E-state index in [0.717, 1.165) is 17.3 Å². The van der Waals surface area contributed by atoms with Gasteiger partial charge in [-0.1, -0.05) is 4.49 Å². The number of nitrogens with one attached hydrogen (secondary N) is 1. The number of aliphatic carboxylic acids is 1. The molecule has 1 fully saturated rings. The highest BCUT2D eigenvalue weighted by atomic mass is 32.2. The number of rotatable bonds is 3. The SMILES string of the molecule is O=C(NC1(C(=O)O)CCSC1)c1csnn1. The smallest absolute Gasteiger partial charge is 0.330 e. The van der Waals surface area contributed by atoms with Crippen molar-refractivity contribution in [2.75, 3.05) is 11.5 Å². The summed E-state index contributed by atoms with van der Waals surface area (Å²) in [6, 6.07) is 0. The first-order valence-electron chi connectivity index (χ1n) is 4.55. The molecule has 1 atom stereocenters. The van der Waals surface area contributed by atoms with E-state index in [4.69, 9.17) is 5.11 Å². The maximum Gasteiger partial charge on any atom is 0.330 e. The summed E-state index contributed by atoms with van der Waals surface area (Å²) in [6.45, 7) is 0. The van der Waals surface area contributed by atoms with E-state index in [1.807, 2.05) is 0 Å². The van der Waals surface area contributed by atoms with E-state index < -0.39 is 17.4 Å².